The highest BCUT2D eigenvalue weighted by Crippen LogP contribution is 2.22. The van der Waals surface area contributed by atoms with Crippen LogP contribution >= 0.6 is 15.9 Å². The molecule has 0 spiro atoms. The van der Waals surface area contributed by atoms with Crippen LogP contribution in [-0.4, -0.2) is 25.8 Å². The quantitative estimate of drug-likeness (QED) is 0.882. The molecular weight excluding hydrogens is 310 g/mol. The molecule has 0 aliphatic carbocycles. The van der Waals surface area contributed by atoms with Gasteiger partial charge in [-0.25, -0.2) is 14.5 Å². The average molecular weight is 322 g/mol. The van der Waals surface area contributed by atoms with Crippen molar-refractivity contribution in [3.63, 3.8) is 0 Å². The number of benzene rings is 1. The molecule has 1 heterocycles. The maximum absolute atomic E-state index is 10.6. The van der Waals surface area contributed by atoms with E-state index < -0.39 is 5.97 Å². The van der Waals surface area contributed by atoms with Gasteiger partial charge < -0.3 is 5.11 Å². The summed E-state index contributed by atoms with van der Waals surface area (Å²) in [6.45, 7) is 3.67. The molecule has 0 unspecified atom stereocenters. The van der Waals surface area contributed by atoms with Crippen LogP contribution in [0.4, 0.5) is 0 Å². The summed E-state index contributed by atoms with van der Waals surface area (Å²) in [6.07, 6.45) is 2.64. The zero-order valence-corrected chi connectivity index (χ0v) is 12.0. The number of carboxylic acids is 1. The second-order valence-electron chi connectivity index (χ2n) is 3.99. The van der Waals surface area contributed by atoms with E-state index in [2.05, 4.69) is 26.0 Å². The number of rotatable bonds is 3. The molecule has 2 aromatic rings. The van der Waals surface area contributed by atoms with Crippen molar-refractivity contribution in [1.82, 2.24) is 14.8 Å². The Labute approximate surface area is 118 Å². The van der Waals surface area contributed by atoms with Gasteiger partial charge in [-0.3, -0.25) is 0 Å². The van der Waals surface area contributed by atoms with Gasteiger partial charge in [0.25, 0.3) is 0 Å². The van der Waals surface area contributed by atoms with E-state index in [1.165, 1.54) is 0 Å². The van der Waals surface area contributed by atoms with Crippen LogP contribution in [0.15, 0.2) is 28.7 Å². The molecule has 0 atom stereocenters. The van der Waals surface area contributed by atoms with Crippen molar-refractivity contribution in [2.75, 3.05) is 0 Å². The Morgan fingerprint density at radius 2 is 2.16 bits per heavy atom. The van der Waals surface area contributed by atoms with Crippen LogP contribution in [0.3, 0.4) is 0 Å². The van der Waals surface area contributed by atoms with Gasteiger partial charge >= 0.3 is 5.97 Å². The second-order valence-corrected chi connectivity index (χ2v) is 4.91. The van der Waals surface area contributed by atoms with Crippen molar-refractivity contribution in [1.29, 1.82) is 0 Å². The summed E-state index contributed by atoms with van der Waals surface area (Å²) in [6, 6.07) is 5.59. The third-order valence-corrected chi connectivity index (χ3v) is 2.99. The highest BCUT2D eigenvalue weighted by Gasteiger charge is 2.09. The van der Waals surface area contributed by atoms with Crippen molar-refractivity contribution >= 4 is 28.0 Å². The van der Waals surface area contributed by atoms with Crippen molar-refractivity contribution in [2.45, 2.75) is 13.8 Å². The Hall–Kier alpha value is -1.95. The number of carboxylic acid groups (broad SMARTS) is 1. The molecule has 98 valence electrons. The van der Waals surface area contributed by atoms with Gasteiger partial charge in [0.2, 0.25) is 0 Å². The van der Waals surface area contributed by atoms with E-state index in [1.54, 1.807) is 10.8 Å². The standard InChI is InChI=1S/C13H12BrN3O2/c1-8-15-9(2)17(16-8)12-5-4-11(14)7-10(12)3-6-13(18)19/h3-7H,1-2H3,(H,18,19)/b6-3+. The maximum atomic E-state index is 10.6. The summed E-state index contributed by atoms with van der Waals surface area (Å²) in [5.41, 5.74) is 1.54. The molecule has 19 heavy (non-hydrogen) atoms. The van der Waals surface area contributed by atoms with Crippen molar-refractivity contribution in [2.24, 2.45) is 0 Å². The molecule has 2 rings (SSSR count). The van der Waals surface area contributed by atoms with Gasteiger partial charge in [0.15, 0.2) is 0 Å². The second kappa shape index (κ2) is 5.36. The number of hydrogen-bond acceptors (Lipinski definition) is 3. The summed E-state index contributed by atoms with van der Waals surface area (Å²) in [7, 11) is 0. The smallest absolute Gasteiger partial charge is 0.328 e. The zero-order chi connectivity index (χ0) is 14.0. The van der Waals surface area contributed by atoms with Gasteiger partial charge in [-0.2, -0.15) is 5.10 Å². The summed E-state index contributed by atoms with van der Waals surface area (Å²) >= 11 is 3.37. The maximum Gasteiger partial charge on any atom is 0.328 e. The molecule has 0 aliphatic heterocycles. The number of halogens is 1. The Kier molecular flexibility index (Phi) is 3.80. The number of nitrogens with zero attached hydrogens (tertiary/aromatic N) is 3. The molecule has 1 aromatic carbocycles. The van der Waals surface area contributed by atoms with E-state index in [0.717, 1.165) is 27.6 Å². The fourth-order valence-electron chi connectivity index (χ4n) is 1.76. The lowest BCUT2D eigenvalue weighted by molar-refractivity contribution is -0.131. The highest BCUT2D eigenvalue weighted by atomic mass is 79.9. The van der Waals surface area contributed by atoms with Gasteiger partial charge in [0.05, 0.1) is 5.69 Å². The number of aliphatic carboxylic acids is 1. The minimum atomic E-state index is -0.989. The van der Waals surface area contributed by atoms with E-state index in [0.29, 0.717) is 5.82 Å². The van der Waals surface area contributed by atoms with E-state index in [9.17, 15) is 4.79 Å². The lowest BCUT2D eigenvalue weighted by atomic mass is 10.1. The van der Waals surface area contributed by atoms with Crippen LogP contribution in [0.25, 0.3) is 11.8 Å². The predicted octanol–water partition coefficient (Wildman–Crippen LogP) is 2.74. The third-order valence-electron chi connectivity index (χ3n) is 2.50. The molecular formula is C13H12BrN3O2. The van der Waals surface area contributed by atoms with Crippen molar-refractivity contribution < 1.29 is 9.90 Å². The van der Waals surface area contributed by atoms with Crippen LogP contribution in [0.5, 0.6) is 0 Å². The van der Waals surface area contributed by atoms with Crippen molar-refractivity contribution in [3.05, 3.63) is 46.0 Å². The summed E-state index contributed by atoms with van der Waals surface area (Å²) in [4.78, 5) is 14.9. The van der Waals surface area contributed by atoms with Crippen molar-refractivity contribution in [3.8, 4) is 5.69 Å². The predicted molar refractivity (Wildman–Crippen MR) is 75.2 cm³/mol. The van der Waals surface area contributed by atoms with Crippen LogP contribution in [0.1, 0.15) is 17.2 Å². The molecule has 1 N–H and O–H groups in total. The molecule has 5 nitrogen and oxygen atoms in total. The Morgan fingerprint density at radius 3 is 2.74 bits per heavy atom. The molecule has 0 fully saturated rings. The topological polar surface area (TPSA) is 68.0 Å². The number of carbonyl (C=O) groups is 1. The van der Waals surface area contributed by atoms with E-state index in [1.807, 2.05) is 32.0 Å². The van der Waals surface area contributed by atoms with Gasteiger partial charge in [0.1, 0.15) is 11.6 Å². The van der Waals surface area contributed by atoms with Crippen LogP contribution in [0.2, 0.25) is 0 Å². The lowest BCUT2D eigenvalue weighted by Gasteiger charge is -2.07. The molecule has 0 bridgehead atoms. The zero-order valence-electron chi connectivity index (χ0n) is 10.5. The van der Waals surface area contributed by atoms with Gasteiger partial charge in [-0.05, 0) is 38.1 Å². The lowest BCUT2D eigenvalue weighted by Crippen LogP contribution is -2.02. The number of aromatic nitrogens is 3. The third kappa shape index (κ3) is 3.08. The first kappa shape index (κ1) is 13.5. The summed E-state index contributed by atoms with van der Waals surface area (Å²) in [5, 5.41) is 13.0. The van der Waals surface area contributed by atoms with Gasteiger partial charge in [0, 0.05) is 16.1 Å². The molecule has 6 heteroatoms. The largest absolute Gasteiger partial charge is 0.478 e. The van der Waals surface area contributed by atoms with E-state index >= 15 is 0 Å². The van der Waals surface area contributed by atoms with E-state index in [-0.39, 0.29) is 0 Å². The first-order chi connectivity index (χ1) is 8.97. The first-order valence-corrected chi connectivity index (χ1v) is 6.38. The molecule has 0 aliphatic rings. The van der Waals surface area contributed by atoms with Crippen LogP contribution in [-0.2, 0) is 4.79 Å². The van der Waals surface area contributed by atoms with Crippen LogP contribution < -0.4 is 0 Å². The molecule has 1 aromatic heterocycles. The van der Waals surface area contributed by atoms with Gasteiger partial charge in [-0.15, -0.1) is 0 Å². The molecule has 0 saturated carbocycles. The Bertz CT molecular complexity index is 662. The van der Waals surface area contributed by atoms with Crippen LogP contribution in [0, 0.1) is 13.8 Å². The summed E-state index contributed by atoms with van der Waals surface area (Å²) in [5.74, 6) is 0.441. The average Bonchev–Trinajstić information content (AvgIpc) is 2.66. The number of aryl methyl sites for hydroxylation is 2. The molecule has 0 saturated heterocycles. The fourth-order valence-corrected chi connectivity index (χ4v) is 2.14. The normalized spacial score (nSPS) is 11.1. The fraction of sp³-hybridized carbons (Fsp3) is 0.154. The van der Waals surface area contributed by atoms with E-state index in [4.69, 9.17) is 5.11 Å². The highest BCUT2D eigenvalue weighted by molar-refractivity contribution is 9.10. The SMILES string of the molecule is Cc1nc(C)n(-c2ccc(Br)cc2/C=C/C(=O)O)n1. The Balaban J connectivity index is 2.57. The minimum Gasteiger partial charge on any atom is -0.478 e. The minimum absolute atomic E-state index is 0.675. The summed E-state index contributed by atoms with van der Waals surface area (Å²) < 4.78 is 2.57. The molecule has 0 radical (unpaired) electrons. The first-order valence-electron chi connectivity index (χ1n) is 5.58. The number of hydrogen-bond donors (Lipinski definition) is 1. The van der Waals surface area contributed by atoms with Gasteiger partial charge in [-0.1, -0.05) is 15.9 Å². The Morgan fingerprint density at radius 1 is 1.42 bits per heavy atom. The monoisotopic (exact) mass is 321 g/mol. The molecule has 0 amide bonds.